The van der Waals surface area contributed by atoms with E-state index in [0.717, 1.165) is 44.7 Å². The van der Waals surface area contributed by atoms with Gasteiger partial charge in [0.05, 0.1) is 0 Å². The van der Waals surface area contributed by atoms with E-state index in [4.69, 9.17) is 9.47 Å². The van der Waals surface area contributed by atoms with Gasteiger partial charge in [0, 0.05) is 26.4 Å². The first-order chi connectivity index (χ1) is 9.13. The summed E-state index contributed by atoms with van der Waals surface area (Å²) >= 11 is 0. The van der Waals surface area contributed by atoms with Crippen LogP contribution in [0.4, 0.5) is 0 Å². The molecule has 0 N–H and O–H groups in total. The minimum absolute atomic E-state index is 0.794. The molecular formula is C17H36O2. The molecule has 0 aromatic heterocycles. The van der Waals surface area contributed by atoms with Crippen molar-refractivity contribution < 1.29 is 9.47 Å². The Labute approximate surface area is 121 Å². The molecule has 116 valence electrons. The number of ether oxygens (including phenoxy) is 2. The molecule has 0 atom stereocenters. The molecule has 0 spiro atoms. The first kappa shape index (κ1) is 18.9. The third kappa shape index (κ3) is 17.9. The lowest BCUT2D eigenvalue weighted by Gasteiger charge is -2.07. The van der Waals surface area contributed by atoms with Gasteiger partial charge in [-0.15, -0.1) is 0 Å². The molecule has 0 aromatic carbocycles. The van der Waals surface area contributed by atoms with Crippen molar-refractivity contribution in [3.8, 4) is 0 Å². The summed E-state index contributed by atoms with van der Waals surface area (Å²) in [7, 11) is 0. The van der Waals surface area contributed by atoms with Crippen LogP contribution in [-0.2, 0) is 9.47 Å². The highest BCUT2D eigenvalue weighted by Crippen LogP contribution is 2.08. The minimum atomic E-state index is 0.794. The average molecular weight is 272 g/mol. The zero-order chi connectivity index (χ0) is 14.3. The Kier molecular flexibility index (Phi) is 14.3. The third-order valence-corrected chi connectivity index (χ3v) is 3.22. The molecule has 2 nitrogen and oxygen atoms in total. The molecular weight excluding hydrogens is 236 g/mol. The van der Waals surface area contributed by atoms with Crippen LogP contribution in [0.25, 0.3) is 0 Å². The average Bonchev–Trinajstić information content (AvgIpc) is 2.34. The van der Waals surface area contributed by atoms with Gasteiger partial charge in [0.2, 0.25) is 0 Å². The summed E-state index contributed by atoms with van der Waals surface area (Å²) in [4.78, 5) is 0. The lowest BCUT2D eigenvalue weighted by atomic mass is 10.1. The Balaban J connectivity index is 2.95. The molecule has 0 radical (unpaired) electrons. The van der Waals surface area contributed by atoms with Crippen molar-refractivity contribution in [3.63, 3.8) is 0 Å². The van der Waals surface area contributed by atoms with E-state index in [1.54, 1.807) is 0 Å². The minimum Gasteiger partial charge on any atom is -0.381 e. The molecule has 0 fully saturated rings. The predicted molar refractivity (Wildman–Crippen MR) is 83.6 cm³/mol. The largest absolute Gasteiger partial charge is 0.381 e. The zero-order valence-electron chi connectivity index (χ0n) is 13.7. The van der Waals surface area contributed by atoms with Gasteiger partial charge in [-0.2, -0.15) is 0 Å². The highest BCUT2D eigenvalue weighted by Gasteiger charge is 1.96. The fourth-order valence-corrected chi connectivity index (χ4v) is 1.99. The maximum atomic E-state index is 5.61. The molecule has 0 heterocycles. The fraction of sp³-hybridized carbons (Fsp3) is 1.00. The van der Waals surface area contributed by atoms with Crippen molar-refractivity contribution in [3.05, 3.63) is 0 Å². The van der Waals surface area contributed by atoms with Gasteiger partial charge in [-0.25, -0.2) is 0 Å². The third-order valence-electron chi connectivity index (χ3n) is 3.22. The summed E-state index contributed by atoms with van der Waals surface area (Å²) < 4.78 is 11.2. The maximum Gasteiger partial charge on any atom is 0.0487 e. The summed E-state index contributed by atoms with van der Waals surface area (Å²) in [6.45, 7) is 12.6. The Hall–Kier alpha value is -0.0800. The zero-order valence-corrected chi connectivity index (χ0v) is 13.7. The number of hydrogen-bond donors (Lipinski definition) is 0. The van der Waals surface area contributed by atoms with Gasteiger partial charge >= 0.3 is 0 Å². The molecule has 0 aliphatic heterocycles. The maximum absolute atomic E-state index is 5.61. The molecule has 19 heavy (non-hydrogen) atoms. The number of unbranched alkanes of at least 4 members (excludes halogenated alkanes) is 2. The monoisotopic (exact) mass is 272 g/mol. The van der Waals surface area contributed by atoms with E-state index in [9.17, 15) is 0 Å². The Morgan fingerprint density at radius 2 is 1.00 bits per heavy atom. The second-order valence-electron chi connectivity index (χ2n) is 6.36. The van der Waals surface area contributed by atoms with Gasteiger partial charge in [-0.3, -0.25) is 0 Å². The van der Waals surface area contributed by atoms with Gasteiger partial charge in [-0.1, -0.05) is 47.0 Å². The van der Waals surface area contributed by atoms with Gasteiger partial charge < -0.3 is 9.47 Å². The fourth-order valence-electron chi connectivity index (χ4n) is 1.99. The summed E-state index contributed by atoms with van der Waals surface area (Å²) in [5.41, 5.74) is 0. The molecule has 0 bridgehead atoms. The quantitative estimate of drug-likeness (QED) is 0.411. The van der Waals surface area contributed by atoms with Crippen molar-refractivity contribution in [2.75, 3.05) is 26.4 Å². The van der Waals surface area contributed by atoms with Crippen LogP contribution in [0, 0.1) is 11.8 Å². The molecule has 0 rings (SSSR count). The van der Waals surface area contributed by atoms with E-state index in [2.05, 4.69) is 27.7 Å². The molecule has 0 aromatic rings. The molecule has 0 saturated heterocycles. The number of hydrogen-bond acceptors (Lipinski definition) is 2. The SMILES string of the molecule is CC(C)CCCCCOCCCOCCCC(C)C. The molecule has 0 aliphatic carbocycles. The smallest absolute Gasteiger partial charge is 0.0487 e. The van der Waals surface area contributed by atoms with Crippen LogP contribution in [0.2, 0.25) is 0 Å². The van der Waals surface area contributed by atoms with Crippen molar-refractivity contribution >= 4 is 0 Å². The van der Waals surface area contributed by atoms with E-state index in [-0.39, 0.29) is 0 Å². The van der Waals surface area contributed by atoms with E-state index < -0.39 is 0 Å². The molecule has 0 unspecified atom stereocenters. The Morgan fingerprint density at radius 3 is 1.58 bits per heavy atom. The second kappa shape index (κ2) is 14.3. The highest BCUT2D eigenvalue weighted by molar-refractivity contribution is 4.47. The van der Waals surface area contributed by atoms with E-state index >= 15 is 0 Å². The number of rotatable bonds is 14. The Morgan fingerprint density at radius 1 is 0.526 bits per heavy atom. The predicted octanol–water partition coefficient (Wildman–Crippen LogP) is 5.06. The van der Waals surface area contributed by atoms with Crippen molar-refractivity contribution in [2.45, 2.75) is 72.6 Å². The van der Waals surface area contributed by atoms with Crippen LogP contribution < -0.4 is 0 Å². The summed E-state index contributed by atoms with van der Waals surface area (Å²) in [5, 5.41) is 0. The normalized spacial score (nSPS) is 11.7. The molecule has 2 heteroatoms. The van der Waals surface area contributed by atoms with Gasteiger partial charge in [0.1, 0.15) is 0 Å². The van der Waals surface area contributed by atoms with E-state index in [1.807, 2.05) is 0 Å². The topological polar surface area (TPSA) is 18.5 Å². The second-order valence-corrected chi connectivity index (χ2v) is 6.36. The first-order valence-electron chi connectivity index (χ1n) is 8.28. The molecule has 0 aliphatic rings. The van der Waals surface area contributed by atoms with Crippen LogP contribution in [0.15, 0.2) is 0 Å². The van der Waals surface area contributed by atoms with Crippen LogP contribution in [0.1, 0.15) is 72.6 Å². The summed E-state index contributed by atoms with van der Waals surface area (Å²) in [6.07, 6.45) is 8.71. The highest BCUT2D eigenvalue weighted by atomic mass is 16.5. The van der Waals surface area contributed by atoms with Gasteiger partial charge in [0.25, 0.3) is 0 Å². The molecule has 0 amide bonds. The first-order valence-corrected chi connectivity index (χ1v) is 8.28. The van der Waals surface area contributed by atoms with Crippen molar-refractivity contribution in [1.29, 1.82) is 0 Å². The van der Waals surface area contributed by atoms with Gasteiger partial charge in [-0.05, 0) is 37.5 Å². The van der Waals surface area contributed by atoms with E-state index in [1.165, 1.54) is 38.5 Å². The summed E-state index contributed by atoms with van der Waals surface area (Å²) in [6, 6.07) is 0. The van der Waals surface area contributed by atoms with Crippen LogP contribution in [0.5, 0.6) is 0 Å². The molecule has 0 saturated carbocycles. The van der Waals surface area contributed by atoms with E-state index in [0.29, 0.717) is 0 Å². The lowest BCUT2D eigenvalue weighted by molar-refractivity contribution is 0.0787. The van der Waals surface area contributed by atoms with Crippen LogP contribution >= 0.6 is 0 Å². The van der Waals surface area contributed by atoms with Crippen molar-refractivity contribution in [2.24, 2.45) is 11.8 Å². The van der Waals surface area contributed by atoms with Crippen LogP contribution in [0.3, 0.4) is 0 Å². The van der Waals surface area contributed by atoms with Gasteiger partial charge in [0.15, 0.2) is 0 Å². The Bertz CT molecular complexity index is 149. The standard InChI is InChI=1S/C17H36O2/c1-16(2)10-6-5-7-12-18-14-9-15-19-13-8-11-17(3)4/h16-17H,5-15H2,1-4H3. The van der Waals surface area contributed by atoms with Crippen LogP contribution in [-0.4, -0.2) is 26.4 Å². The summed E-state index contributed by atoms with van der Waals surface area (Å²) in [5.74, 6) is 1.64. The lowest BCUT2D eigenvalue weighted by Crippen LogP contribution is -2.04. The van der Waals surface area contributed by atoms with Crippen molar-refractivity contribution in [1.82, 2.24) is 0 Å².